The van der Waals surface area contributed by atoms with Crippen molar-refractivity contribution in [3.8, 4) is 0 Å². The van der Waals surface area contributed by atoms with Crippen LogP contribution >= 0.6 is 0 Å². The molecule has 1 amide bonds. The van der Waals surface area contributed by atoms with Gasteiger partial charge in [0.15, 0.2) is 0 Å². The molecule has 0 aliphatic rings. The Bertz CT molecular complexity index is 671. The number of carboxylic acids is 1. The van der Waals surface area contributed by atoms with Crippen LogP contribution in [0, 0.1) is 5.82 Å². The highest BCUT2D eigenvalue weighted by Crippen LogP contribution is 2.10. The Morgan fingerprint density at radius 1 is 0.958 bits per heavy atom. The van der Waals surface area contributed by atoms with E-state index in [1.54, 1.807) is 17.0 Å². The predicted molar refractivity (Wildman–Crippen MR) is 88.8 cm³/mol. The molecular weight excluding hydrogens is 309 g/mol. The molecule has 1 N–H and O–H groups in total. The molecule has 0 aliphatic heterocycles. The second kappa shape index (κ2) is 8.82. The van der Waals surface area contributed by atoms with Gasteiger partial charge in [0, 0.05) is 19.5 Å². The summed E-state index contributed by atoms with van der Waals surface area (Å²) in [5.74, 6) is -1.31. The van der Waals surface area contributed by atoms with Crippen molar-refractivity contribution in [2.24, 2.45) is 0 Å². The van der Waals surface area contributed by atoms with Gasteiger partial charge >= 0.3 is 5.97 Å². The zero-order valence-corrected chi connectivity index (χ0v) is 13.3. The first-order valence-corrected chi connectivity index (χ1v) is 7.82. The molecular formula is C19H20FNO3. The van der Waals surface area contributed by atoms with Gasteiger partial charge in [-0.05, 0) is 29.7 Å². The minimum atomic E-state index is -0.874. The number of benzene rings is 2. The number of carbonyl (C=O) groups is 2. The minimum Gasteiger partial charge on any atom is -0.481 e. The van der Waals surface area contributed by atoms with Crippen LogP contribution in [-0.4, -0.2) is 28.4 Å². The number of halogens is 1. The fourth-order valence-electron chi connectivity index (χ4n) is 2.41. The van der Waals surface area contributed by atoms with Crippen molar-refractivity contribution in [2.75, 3.05) is 6.54 Å². The van der Waals surface area contributed by atoms with Crippen molar-refractivity contribution in [3.63, 3.8) is 0 Å². The fourth-order valence-corrected chi connectivity index (χ4v) is 2.41. The predicted octanol–water partition coefficient (Wildman–Crippen LogP) is 3.26. The van der Waals surface area contributed by atoms with Gasteiger partial charge in [0.25, 0.3) is 0 Å². The lowest BCUT2D eigenvalue weighted by molar-refractivity contribution is -0.138. The third-order valence-electron chi connectivity index (χ3n) is 3.66. The van der Waals surface area contributed by atoms with Crippen molar-refractivity contribution >= 4 is 11.9 Å². The van der Waals surface area contributed by atoms with Crippen LogP contribution in [0.3, 0.4) is 0 Å². The third-order valence-corrected chi connectivity index (χ3v) is 3.66. The standard InChI is InChI=1S/C19H20FNO3/c20-17-10-8-15(9-11-17)13-18(22)21(12-4-7-19(23)24)14-16-5-2-1-3-6-16/h1-3,5-6,8-11H,4,7,12-14H2,(H,23,24). The highest BCUT2D eigenvalue weighted by Gasteiger charge is 2.15. The van der Waals surface area contributed by atoms with Crippen LogP contribution in [0.15, 0.2) is 54.6 Å². The molecule has 2 aromatic rings. The zero-order chi connectivity index (χ0) is 17.4. The van der Waals surface area contributed by atoms with Crippen molar-refractivity contribution in [1.29, 1.82) is 0 Å². The summed E-state index contributed by atoms with van der Waals surface area (Å²) in [5.41, 5.74) is 1.72. The number of nitrogens with zero attached hydrogens (tertiary/aromatic N) is 1. The molecule has 0 spiro atoms. The average Bonchev–Trinajstić information content (AvgIpc) is 2.56. The Labute approximate surface area is 140 Å². The van der Waals surface area contributed by atoms with E-state index in [2.05, 4.69) is 0 Å². The van der Waals surface area contributed by atoms with Gasteiger partial charge in [0.2, 0.25) is 5.91 Å². The van der Waals surface area contributed by atoms with Crippen LogP contribution in [0.4, 0.5) is 4.39 Å². The van der Waals surface area contributed by atoms with Crippen LogP contribution in [0.5, 0.6) is 0 Å². The number of hydrogen-bond donors (Lipinski definition) is 1. The molecule has 0 unspecified atom stereocenters. The third kappa shape index (κ3) is 5.83. The van der Waals surface area contributed by atoms with Gasteiger partial charge in [-0.25, -0.2) is 4.39 Å². The largest absolute Gasteiger partial charge is 0.481 e. The van der Waals surface area contributed by atoms with Gasteiger partial charge in [0.1, 0.15) is 5.82 Å². The summed E-state index contributed by atoms with van der Waals surface area (Å²) in [6.45, 7) is 0.807. The molecule has 0 saturated carbocycles. The van der Waals surface area contributed by atoms with Gasteiger partial charge in [0.05, 0.1) is 6.42 Å². The smallest absolute Gasteiger partial charge is 0.303 e. The first-order valence-electron chi connectivity index (χ1n) is 7.82. The molecule has 2 aromatic carbocycles. The topological polar surface area (TPSA) is 57.6 Å². The normalized spacial score (nSPS) is 10.4. The summed E-state index contributed by atoms with van der Waals surface area (Å²) < 4.78 is 13.0. The highest BCUT2D eigenvalue weighted by atomic mass is 19.1. The molecule has 0 heterocycles. The molecule has 0 fully saturated rings. The van der Waals surface area contributed by atoms with Gasteiger partial charge in [-0.2, -0.15) is 0 Å². The lowest BCUT2D eigenvalue weighted by Crippen LogP contribution is -2.33. The number of amides is 1. The molecule has 0 bridgehead atoms. The van der Waals surface area contributed by atoms with E-state index < -0.39 is 5.97 Å². The molecule has 24 heavy (non-hydrogen) atoms. The second-order valence-electron chi connectivity index (χ2n) is 5.60. The number of carbonyl (C=O) groups excluding carboxylic acids is 1. The number of hydrogen-bond acceptors (Lipinski definition) is 2. The lowest BCUT2D eigenvalue weighted by Gasteiger charge is -2.23. The van der Waals surface area contributed by atoms with Gasteiger partial charge in [-0.1, -0.05) is 42.5 Å². The van der Waals surface area contributed by atoms with Crippen LogP contribution in [0.25, 0.3) is 0 Å². The lowest BCUT2D eigenvalue weighted by atomic mass is 10.1. The van der Waals surface area contributed by atoms with Gasteiger partial charge in [-0.3, -0.25) is 9.59 Å². The van der Waals surface area contributed by atoms with E-state index in [1.807, 2.05) is 30.3 Å². The molecule has 0 aliphatic carbocycles. The Hall–Kier alpha value is -2.69. The second-order valence-corrected chi connectivity index (χ2v) is 5.60. The van der Waals surface area contributed by atoms with Crippen molar-refractivity contribution in [1.82, 2.24) is 4.90 Å². The Balaban J connectivity index is 2.03. The molecule has 5 heteroatoms. The minimum absolute atomic E-state index is 0.0229. The zero-order valence-electron chi connectivity index (χ0n) is 13.3. The van der Waals surface area contributed by atoms with Gasteiger partial charge < -0.3 is 10.0 Å². The molecule has 0 saturated heterocycles. The van der Waals surface area contributed by atoms with Crippen LogP contribution in [-0.2, 0) is 22.6 Å². The van der Waals surface area contributed by atoms with Crippen LogP contribution < -0.4 is 0 Å². The average molecular weight is 329 g/mol. The van der Waals surface area contributed by atoms with E-state index in [1.165, 1.54) is 12.1 Å². The molecule has 0 atom stereocenters. The maximum atomic E-state index is 13.0. The summed E-state index contributed by atoms with van der Waals surface area (Å²) in [4.78, 5) is 24.9. The monoisotopic (exact) mass is 329 g/mol. The van der Waals surface area contributed by atoms with E-state index in [-0.39, 0.29) is 24.6 Å². The first kappa shape index (κ1) is 17.7. The quantitative estimate of drug-likeness (QED) is 0.809. The molecule has 0 radical (unpaired) electrons. The Morgan fingerprint density at radius 3 is 2.25 bits per heavy atom. The van der Waals surface area contributed by atoms with Crippen molar-refractivity contribution in [3.05, 3.63) is 71.5 Å². The molecule has 2 rings (SSSR count). The highest BCUT2D eigenvalue weighted by molar-refractivity contribution is 5.78. The Kier molecular flexibility index (Phi) is 6.49. The summed E-state index contributed by atoms with van der Waals surface area (Å²) in [6.07, 6.45) is 0.590. The summed E-state index contributed by atoms with van der Waals surface area (Å²) >= 11 is 0. The SMILES string of the molecule is O=C(O)CCCN(Cc1ccccc1)C(=O)Cc1ccc(F)cc1. The van der Waals surface area contributed by atoms with E-state index >= 15 is 0 Å². The first-order chi connectivity index (χ1) is 11.5. The number of rotatable bonds is 8. The fraction of sp³-hybridized carbons (Fsp3) is 0.263. The maximum Gasteiger partial charge on any atom is 0.303 e. The summed E-state index contributed by atoms with van der Waals surface area (Å²) in [5, 5.41) is 8.78. The van der Waals surface area contributed by atoms with Crippen molar-refractivity contribution in [2.45, 2.75) is 25.8 Å². The molecule has 4 nitrogen and oxygen atoms in total. The van der Waals surface area contributed by atoms with Crippen molar-refractivity contribution < 1.29 is 19.1 Å². The molecule has 126 valence electrons. The summed E-state index contributed by atoms with van der Waals surface area (Å²) in [6, 6.07) is 15.4. The number of carboxylic acid groups (broad SMARTS) is 1. The van der Waals surface area contributed by atoms with Gasteiger partial charge in [-0.15, -0.1) is 0 Å². The van der Waals surface area contributed by atoms with Crippen LogP contribution in [0.1, 0.15) is 24.0 Å². The number of aliphatic carboxylic acids is 1. The summed E-state index contributed by atoms with van der Waals surface area (Å²) in [7, 11) is 0. The van der Waals surface area contributed by atoms with Crippen LogP contribution in [0.2, 0.25) is 0 Å². The maximum absolute atomic E-state index is 13.0. The van der Waals surface area contributed by atoms with E-state index in [9.17, 15) is 14.0 Å². The van der Waals surface area contributed by atoms with E-state index in [0.29, 0.717) is 19.5 Å². The Morgan fingerprint density at radius 2 is 1.62 bits per heavy atom. The van der Waals surface area contributed by atoms with E-state index in [0.717, 1.165) is 11.1 Å². The molecule has 0 aromatic heterocycles. The van der Waals surface area contributed by atoms with E-state index in [4.69, 9.17) is 5.11 Å².